The standard InChI is InChI=1S/C23H19BrClN3O5S/c1-32-17-7-6-12(8-16(17)24)19-15(10-26)22(28-21(30)20(19)23(31)33-2)34-11-18(29)27-14-5-3-4-13(25)9-14/h3-9,19-20H,11H2,1-2H3,(H,27,29)(H,28,30)/t19-,20+/m0/s1. The average Bonchev–Trinajstić information content (AvgIpc) is 2.81. The highest BCUT2D eigenvalue weighted by molar-refractivity contribution is 9.10. The second-order valence-electron chi connectivity index (χ2n) is 7.06. The maximum absolute atomic E-state index is 12.9. The lowest BCUT2D eigenvalue weighted by Crippen LogP contribution is -2.44. The predicted molar refractivity (Wildman–Crippen MR) is 132 cm³/mol. The van der Waals surface area contributed by atoms with Crippen molar-refractivity contribution in [1.82, 2.24) is 5.32 Å². The zero-order valence-electron chi connectivity index (χ0n) is 18.1. The Bertz CT molecular complexity index is 1210. The Morgan fingerprint density at radius 2 is 2.03 bits per heavy atom. The lowest BCUT2D eigenvalue weighted by Gasteiger charge is -2.31. The molecule has 1 aliphatic rings. The molecule has 0 aromatic heterocycles. The molecule has 0 bridgehead atoms. The van der Waals surface area contributed by atoms with E-state index in [0.717, 1.165) is 11.8 Å². The van der Waals surface area contributed by atoms with Crippen LogP contribution in [0.2, 0.25) is 5.02 Å². The lowest BCUT2D eigenvalue weighted by atomic mass is 9.78. The quantitative estimate of drug-likeness (QED) is 0.382. The Morgan fingerprint density at radius 3 is 2.65 bits per heavy atom. The molecule has 176 valence electrons. The fraction of sp³-hybridized carbons (Fsp3) is 0.217. The third kappa shape index (κ3) is 5.73. The summed E-state index contributed by atoms with van der Waals surface area (Å²) in [5.74, 6) is -3.48. The highest BCUT2D eigenvalue weighted by Crippen LogP contribution is 2.42. The van der Waals surface area contributed by atoms with E-state index in [1.807, 2.05) is 0 Å². The number of hydrogen-bond acceptors (Lipinski definition) is 7. The van der Waals surface area contributed by atoms with Gasteiger partial charge in [-0.25, -0.2) is 0 Å². The number of nitrogens with zero attached hydrogens (tertiary/aromatic N) is 1. The molecule has 2 N–H and O–H groups in total. The first-order valence-corrected chi connectivity index (χ1v) is 12.0. The number of benzene rings is 2. The summed E-state index contributed by atoms with van der Waals surface area (Å²) in [7, 11) is 2.69. The summed E-state index contributed by atoms with van der Waals surface area (Å²) in [5, 5.41) is 15.9. The molecular formula is C23H19BrClN3O5S. The van der Waals surface area contributed by atoms with Crippen molar-refractivity contribution in [3.8, 4) is 11.8 Å². The number of rotatable bonds is 7. The molecule has 2 amide bonds. The molecule has 2 aromatic rings. The number of ether oxygens (including phenoxy) is 2. The van der Waals surface area contributed by atoms with Crippen molar-refractivity contribution >= 4 is 62.8 Å². The number of carbonyl (C=O) groups is 3. The minimum absolute atomic E-state index is 0.0881. The summed E-state index contributed by atoms with van der Waals surface area (Å²) in [6, 6.07) is 13.8. The molecule has 1 heterocycles. The van der Waals surface area contributed by atoms with Crippen LogP contribution in [-0.2, 0) is 19.1 Å². The van der Waals surface area contributed by atoms with Crippen LogP contribution in [0.25, 0.3) is 0 Å². The zero-order chi connectivity index (χ0) is 24.8. The Labute approximate surface area is 213 Å². The Balaban J connectivity index is 1.93. The molecule has 2 atom stereocenters. The normalized spacial score (nSPS) is 17.4. The molecule has 0 saturated heterocycles. The van der Waals surface area contributed by atoms with Crippen LogP contribution in [0, 0.1) is 17.2 Å². The van der Waals surface area contributed by atoms with E-state index < -0.39 is 23.7 Å². The van der Waals surface area contributed by atoms with Crippen molar-refractivity contribution in [2.45, 2.75) is 5.92 Å². The van der Waals surface area contributed by atoms with Crippen LogP contribution in [0.1, 0.15) is 11.5 Å². The first-order chi connectivity index (χ1) is 16.3. The molecule has 8 nitrogen and oxygen atoms in total. The Morgan fingerprint density at radius 1 is 1.26 bits per heavy atom. The molecule has 34 heavy (non-hydrogen) atoms. The molecule has 0 radical (unpaired) electrons. The highest BCUT2D eigenvalue weighted by atomic mass is 79.9. The van der Waals surface area contributed by atoms with E-state index in [-0.39, 0.29) is 22.3 Å². The molecule has 1 aliphatic heterocycles. The van der Waals surface area contributed by atoms with Crippen molar-refractivity contribution in [3.05, 3.63) is 68.1 Å². The van der Waals surface area contributed by atoms with E-state index in [1.165, 1.54) is 14.2 Å². The second-order valence-corrected chi connectivity index (χ2v) is 9.34. The minimum atomic E-state index is -1.27. The van der Waals surface area contributed by atoms with Crippen LogP contribution in [0.5, 0.6) is 5.75 Å². The molecule has 0 fully saturated rings. The molecule has 3 rings (SSSR count). The number of allylic oxidation sites excluding steroid dienone is 1. The van der Waals surface area contributed by atoms with Gasteiger partial charge in [0.05, 0.1) is 41.1 Å². The Hall–Kier alpha value is -3.00. The predicted octanol–water partition coefficient (Wildman–Crippen LogP) is 4.22. The van der Waals surface area contributed by atoms with Gasteiger partial charge in [0.1, 0.15) is 11.7 Å². The number of thioether (sulfide) groups is 1. The van der Waals surface area contributed by atoms with Gasteiger partial charge >= 0.3 is 5.97 Å². The van der Waals surface area contributed by atoms with Crippen molar-refractivity contribution in [2.75, 3.05) is 25.3 Å². The summed E-state index contributed by atoms with van der Waals surface area (Å²) >= 11 is 10.3. The topological polar surface area (TPSA) is 118 Å². The number of carbonyl (C=O) groups excluding carboxylic acids is 3. The molecule has 2 aromatic carbocycles. The van der Waals surface area contributed by atoms with E-state index in [0.29, 0.717) is 26.5 Å². The third-order valence-electron chi connectivity index (χ3n) is 4.97. The molecular weight excluding hydrogens is 546 g/mol. The van der Waals surface area contributed by atoms with E-state index in [1.54, 1.807) is 42.5 Å². The van der Waals surface area contributed by atoms with Crippen LogP contribution in [-0.4, -0.2) is 37.8 Å². The van der Waals surface area contributed by atoms with Gasteiger partial charge in [-0.05, 0) is 51.8 Å². The summed E-state index contributed by atoms with van der Waals surface area (Å²) in [5.41, 5.74) is 1.20. The number of hydrogen-bond donors (Lipinski definition) is 2. The number of anilines is 1. The van der Waals surface area contributed by atoms with Crippen LogP contribution in [0.4, 0.5) is 5.69 Å². The van der Waals surface area contributed by atoms with E-state index >= 15 is 0 Å². The van der Waals surface area contributed by atoms with E-state index in [2.05, 4.69) is 32.6 Å². The van der Waals surface area contributed by atoms with Gasteiger partial charge in [0.25, 0.3) is 0 Å². The van der Waals surface area contributed by atoms with Gasteiger partial charge in [-0.2, -0.15) is 5.26 Å². The fourth-order valence-electron chi connectivity index (χ4n) is 3.46. The summed E-state index contributed by atoms with van der Waals surface area (Å²) in [4.78, 5) is 37.9. The van der Waals surface area contributed by atoms with Gasteiger partial charge in [0, 0.05) is 16.6 Å². The van der Waals surface area contributed by atoms with Gasteiger partial charge in [0.2, 0.25) is 11.8 Å². The molecule has 0 unspecified atom stereocenters. The smallest absolute Gasteiger partial charge is 0.319 e. The number of methoxy groups -OCH3 is 2. The van der Waals surface area contributed by atoms with Gasteiger partial charge < -0.3 is 20.1 Å². The van der Waals surface area contributed by atoms with Gasteiger partial charge in [-0.15, -0.1) is 0 Å². The van der Waals surface area contributed by atoms with Crippen LogP contribution in [0.15, 0.2) is 57.5 Å². The Kier molecular flexibility index (Phi) is 8.61. The van der Waals surface area contributed by atoms with Gasteiger partial charge in [-0.3, -0.25) is 14.4 Å². The van der Waals surface area contributed by atoms with Crippen LogP contribution >= 0.6 is 39.3 Å². The van der Waals surface area contributed by atoms with Crippen molar-refractivity contribution in [2.24, 2.45) is 5.92 Å². The average molecular weight is 565 g/mol. The number of nitrogens with one attached hydrogen (secondary N) is 2. The number of amides is 2. The highest BCUT2D eigenvalue weighted by Gasteiger charge is 2.44. The maximum Gasteiger partial charge on any atom is 0.319 e. The van der Waals surface area contributed by atoms with Crippen molar-refractivity contribution in [3.63, 3.8) is 0 Å². The summed E-state index contributed by atoms with van der Waals surface area (Å²) in [6.07, 6.45) is 0. The summed E-state index contributed by atoms with van der Waals surface area (Å²) < 4.78 is 10.7. The zero-order valence-corrected chi connectivity index (χ0v) is 21.2. The van der Waals surface area contributed by atoms with E-state index in [4.69, 9.17) is 21.1 Å². The SMILES string of the molecule is COC(=O)[C@H]1C(=O)NC(SCC(=O)Nc2cccc(Cl)c2)=C(C#N)[C@@H]1c1ccc(OC)c(Br)c1. The fourth-order valence-corrected chi connectivity index (χ4v) is 5.05. The first kappa shape index (κ1) is 25.6. The van der Waals surface area contributed by atoms with Crippen LogP contribution < -0.4 is 15.4 Å². The molecule has 11 heteroatoms. The lowest BCUT2D eigenvalue weighted by molar-refractivity contribution is -0.150. The molecule has 0 aliphatic carbocycles. The minimum Gasteiger partial charge on any atom is -0.496 e. The molecule has 0 spiro atoms. The second kappa shape index (κ2) is 11.4. The van der Waals surface area contributed by atoms with Crippen molar-refractivity contribution < 1.29 is 23.9 Å². The number of nitriles is 1. The molecule has 0 saturated carbocycles. The van der Waals surface area contributed by atoms with Gasteiger partial charge in [0.15, 0.2) is 0 Å². The number of halogens is 2. The van der Waals surface area contributed by atoms with Gasteiger partial charge in [-0.1, -0.05) is 35.5 Å². The third-order valence-corrected chi connectivity index (χ3v) is 6.85. The maximum atomic E-state index is 12.9. The monoisotopic (exact) mass is 563 g/mol. The number of esters is 1. The van der Waals surface area contributed by atoms with Crippen molar-refractivity contribution in [1.29, 1.82) is 5.26 Å². The van der Waals surface area contributed by atoms with Crippen LogP contribution in [0.3, 0.4) is 0 Å². The first-order valence-electron chi connectivity index (χ1n) is 9.83. The summed E-state index contributed by atoms with van der Waals surface area (Å²) in [6.45, 7) is 0. The largest absolute Gasteiger partial charge is 0.496 e. The van der Waals surface area contributed by atoms with E-state index in [9.17, 15) is 19.6 Å².